The quantitative estimate of drug-likeness (QED) is 0.629. The fourth-order valence-corrected chi connectivity index (χ4v) is 2.54. The Morgan fingerprint density at radius 3 is 2.48 bits per heavy atom. The Morgan fingerprint density at radius 2 is 1.81 bits per heavy atom. The Labute approximate surface area is 124 Å². The van der Waals surface area contributed by atoms with Gasteiger partial charge in [0, 0.05) is 18.0 Å². The highest BCUT2D eigenvalue weighted by Crippen LogP contribution is 2.25. The van der Waals surface area contributed by atoms with Crippen LogP contribution in [-0.4, -0.2) is 4.57 Å². The van der Waals surface area contributed by atoms with Crippen molar-refractivity contribution in [3.63, 3.8) is 0 Å². The number of hydrogen-bond acceptors (Lipinski definition) is 1. The predicted octanol–water partition coefficient (Wildman–Crippen LogP) is 4.55. The maximum absolute atomic E-state index is 9.51. The number of aryl methyl sites for hydroxylation is 2. The Hall–Kier alpha value is -2.79. The summed E-state index contributed by atoms with van der Waals surface area (Å²) >= 11 is 0. The van der Waals surface area contributed by atoms with Gasteiger partial charge < -0.3 is 4.57 Å². The first-order chi connectivity index (χ1) is 10.2. The van der Waals surface area contributed by atoms with Gasteiger partial charge in [-0.1, -0.05) is 48.0 Å². The van der Waals surface area contributed by atoms with Gasteiger partial charge in [-0.3, -0.25) is 0 Å². The van der Waals surface area contributed by atoms with E-state index in [-0.39, 0.29) is 0 Å². The molecule has 3 aromatic rings. The third-order valence-corrected chi connectivity index (χ3v) is 3.74. The first-order valence-corrected chi connectivity index (χ1v) is 6.92. The monoisotopic (exact) mass is 272 g/mol. The molecule has 0 atom stereocenters. The summed E-state index contributed by atoms with van der Waals surface area (Å²) < 4.78 is 2.07. The van der Waals surface area contributed by atoms with Crippen molar-refractivity contribution in [3.05, 3.63) is 71.4 Å². The van der Waals surface area contributed by atoms with E-state index in [2.05, 4.69) is 47.9 Å². The molecule has 2 nitrogen and oxygen atoms in total. The lowest BCUT2D eigenvalue weighted by Crippen LogP contribution is -1.94. The molecule has 2 heteroatoms. The molecule has 102 valence electrons. The number of para-hydroxylation sites is 1. The largest absolute Gasteiger partial charge is 0.343 e. The van der Waals surface area contributed by atoms with Crippen LogP contribution in [0.15, 0.2) is 54.6 Å². The van der Waals surface area contributed by atoms with Crippen molar-refractivity contribution in [3.8, 4) is 6.07 Å². The summed E-state index contributed by atoms with van der Waals surface area (Å²) in [6, 6.07) is 20.8. The molecule has 0 aliphatic rings. The molecule has 0 fully saturated rings. The standard InChI is InChI=1S/C19H16N2/c1-14-7-9-15(10-8-14)11-17(13-20)19-12-16-5-3-4-6-18(16)21(19)2/h3-12H,1-2H3/b17-11+. The van der Waals surface area contributed by atoms with Crippen molar-refractivity contribution in [2.45, 2.75) is 6.92 Å². The second-order valence-corrected chi connectivity index (χ2v) is 5.23. The Bertz CT molecular complexity index is 859. The lowest BCUT2D eigenvalue weighted by molar-refractivity contribution is 0.951. The van der Waals surface area contributed by atoms with Crippen LogP contribution in [0.3, 0.4) is 0 Å². The van der Waals surface area contributed by atoms with Crippen LogP contribution >= 0.6 is 0 Å². The number of benzene rings is 2. The molecule has 0 saturated carbocycles. The maximum Gasteiger partial charge on any atom is 0.101 e. The molecule has 3 rings (SSSR count). The molecular weight excluding hydrogens is 256 g/mol. The topological polar surface area (TPSA) is 28.7 Å². The van der Waals surface area contributed by atoms with Crippen molar-refractivity contribution in [1.29, 1.82) is 5.26 Å². The van der Waals surface area contributed by atoms with Crippen molar-refractivity contribution >= 4 is 22.6 Å². The average Bonchev–Trinajstić information content (AvgIpc) is 2.84. The summed E-state index contributed by atoms with van der Waals surface area (Å²) in [4.78, 5) is 0. The highest BCUT2D eigenvalue weighted by molar-refractivity contribution is 5.94. The van der Waals surface area contributed by atoms with E-state index in [1.54, 1.807) is 0 Å². The van der Waals surface area contributed by atoms with Gasteiger partial charge in [-0.15, -0.1) is 0 Å². The lowest BCUT2D eigenvalue weighted by atomic mass is 10.1. The first-order valence-electron chi connectivity index (χ1n) is 6.92. The number of fused-ring (bicyclic) bond motifs is 1. The second-order valence-electron chi connectivity index (χ2n) is 5.23. The molecule has 0 unspecified atom stereocenters. The van der Waals surface area contributed by atoms with Gasteiger partial charge in [0.2, 0.25) is 0 Å². The van der Waals surface area contributed by atoms with E-state index >= 15 is 0 Å². The van der Waals surface area contributed by atoms with Crippen molar-refractivity contribution in [1.82, 2.24) is 4.57 Å². The van der Waals surface area contributed by atoms with Crippen LogP contribution in [0.1, 0.15) is 16.8 Å². The summed E-state index contributed by atoms with van der Waals surface area (Å²) in [6.07, 6.45) is 1.94. The Morgan fingerprint density at radius 1 is 1.10 bits per heavy atom. The van der Waals surface area contributed by atoms with E-state index in [4.69, 9.17) is 0 Å². The third-order valence-electron chi connectivity index (χ3n) is 3.74. The minimum absolute atomic E-state index is 0.678. The first kappa shape index (κ1) is 13.2. The molecule has 2 aromatic carbocycles. The number of hydrogen-bond donors (Lipinski definition) is 0. The highest BCUT2D eigenvalue weighted by atomic mass is 14.9. The SMILES string of the molecule is Cc1ccc(/C=C(\C#N)c2cc3ccccc3n2C)cc1. The average molecular weight is 272 g/mol. The summed E-state index contributed by atoms with van der Waals surface area (Å²) in [5, 5.41) is 10.7. The number of nitrogens with zero attached hydrogens (tertiary/aromatic N) is 2. The minimum Gasteiger partial charge on any atom is -0.343 e. The van der Waals surface area contributed by atoms with Crippen molar-refractivity contribution in [2.75, 3.05) is 0 Å². The zero-order chi connectivity index (χ0) is 14.8. The molecule has 0 N–H and O–H groups in total. The molecule has 0 radical (unpaired) electrons. The van der Waals surface area contributed by atoms with Gasteiger partial charge >= 0.3 is 0 Å². The molecule has 0 aliphatic carbocycles. The van der Waals surface area contributed by atoms with Crippen molar-refractivity contribution < 1.29 is 0 Å². The van der Waals surface area contributed by atoms with Crippen LogP contribution in [0.4, 0.5) is 0 Å². The molecular formula is C19H16N2. The predicted molar refractivity (Wildman–Crippen MR) is 87.6 cm³/mol. The fourth-order valence-electron chi connectivity index (χ4n) is 2.54. The van der Waals surface area contributed by atoms with E-state index in [0.29, 0.717) is 5.57 Å². The van der Waals surface area contributed by atoms with Gasteiger partial charge in [0.1, 0.15) is 6.07 Å². The zero-order valence-electron chi connectivity index (χ0n) is 12.2. The summed E-state index contributed by atoms with van der Waals surface area (Å²) in [5.74, 6) is 0. The molecule has 0 amide bonds. The summed E-state index contributed by atoms with van der Waals surface area (Å²) in [6.45, 7) is 2.06. The van der Waals surface area contributed by atoms with E-state index in [1.165, 1.54) is 5.56 Å². The Kier molecular flexibility index (Phi) is 3.33. The number of aromatic nitrogens is 1. The van der Waals surface area contributed by atoms with Gasteiger partial charge in [-0.25, -0.2) is 0 Å². The minimum atomic E-state index is 0.678. The van der Waals surface area contributed by atoms with Gasteiger partial charge in [0.15, 0.2) is 0 Å². The maximum atomic E-state index is 9.51. The molecule has 0 saturated heterocycles. The molecule has 0 spiro atoms. The smallest absolute Gasteiger partial charge is 0.101 e. The van der Waals surface area contributed by atoms with Crippen LogP contribution < -0.4 is 0 Å². The van der Waals surface area contributed by atoms with Gasteiger partial charge in [-0.2, -0.15) is 5.26 Å². The van der Waals surface area contributed by atoms with Crippen LogP contribution in [0.25, 0.3) is 22.6 Å². The zero-order valence-corrected chi connectivity index (χ0v) is 12.2. The van der Waals surface area contributed by atoms with E-state index in [9.17, 15) is 5.26 Å². The summed E-state index contributed by atoms with van der Waals surface area (Å²) in [7, 11) is 2.00. The van der Waals surface area contributed by atoms with E-state index in [1.807, 2.05) is 37.4 Å². The van der Waals surface area contributed by atoms with E-state index in [0.717, 1.165) is 22.2 Å². The number of rotatable bonds is 2. The normalized spacial score (nSPS) is 11.6. The van der Waals surface area contributed by atoms with Gasteiger partial charge in [0.05, 0.1) is 11.3 Å². The fraction of sp³-hybridized carbons (Fsp3) is 0.105. The van der Waals surface area contributed by atoms with E-state index < -0.39 is 0 Å². The number of allylic oxidation sites excluding steroid dienone is 1. The molecule has 1 heterocycles. The molecule has 21 heavy (non-hydrogen) atoms. The van der Waals surface area contributed by atoms with Gasteiger partial charge in [-0.05, 0) is 30.7 Å². The molecule has 1 aromatic heterocycles. The second kappa shape index (κ2) is 5.30. The number of nitriles is 1. The van der Waals surface area contributed by atoms with Crippen LogP contribution in [0, 0.1) is 18.3 Å². The lowest BCUT2D eigenvalue weighted by Gasteiger charge is -2.03. The molecule has 0 bridgehead atoms. The van der Waals surface area contributed by atoms with Crippen LogP contribution in [-0.2, 0) is 7.05 Å². The summed E-state index contributed by atoms with van der Waals surface area (Å²) in [5.41, 5.74) is 5.02. The highest BCUT2D eigenvalue weighted by Gasteiger charge is 2.09. The van der Waals surface area contributed by atoms with Gasteiger partial charge in [0.25, 0.3) is 0 Å². The van der Waals surface area contributed by atoms with Crippen molar-refractivity contribution in [2.24, 2.45) is 7.05 Å². The molecule has 0 aliphatic heterocycles. The Balaban J connectivity index is 2.12. The van der Waals surface area contributed by atoms with Crippen LogP contribution in [0.2, 0.25) is 0 Å². The van der Waals surface area contributed by atoms with Crippen LogP contribution in [0.5, 0.6) is 0 Å². The third kappa shape index (κ3) is 2.46.